The second-order valence-electron chi connectivity index (χ2n) is 5.65. The molecule has 1 aromatic rings. The summed E-state index contributed by atoms with van der Waals surface area (Å²) in [4.78, 5) is 17.5. The van der Waals surface area contributed by atoms with Gasteiger partial charge in [0.2, 0.25) is 5.82 Å². The molecule has 6 heteroatoms. The molecule has 116 valence electrons. The molecule has 1 aliphatic rings. The number of rotatable bonds is 7. The number of nitro groups is 1. The molecule has 1 fully saturated rings. The molecule has 0 aromatic carbocycles. The van der Waals surface area contributed by atoms with E-state index in [1.807, 2.05) is 0 Å². The number of nitrogens with zero attached hydrogens (tertiary/aromatic N) is 3. The number of unbranched alkanes of at least 4 members (excludes halogenated alkanes) is 1. The van der Waals surface area contributed by atoms with Gasteiger partial charge in [0.25, 0.3) is 0 Å². The van der Waals surface area contributed by atoms with E-state index < -0.39 is 0 Å². The lowest BCUT2D eigenvalue weighted by Crippen LogP contribution is -2.39. The van der Waals surface area contributed by atoms with E-state index in [0.29, 0.717) is 17.4 Å². The van der Waals surface area contributed by atoms with Gasteiger partial charge in [-0.2, -0.15) is 0 Å². The van der Waals surface area contributed by atoms with E-state index >= 15 is 0 Å². The first kappa shape index (κ1) is 15.7. The van der Waals surface area contributed by atoms with E-state index in [0.717, 1.165) is 38.9 Å². The van der Waals surface area contributed by atoms with E-state index in [2.05, 4.69) is 22.1 Å². The molecular weight excluding hydrogens is 268 g/mol. The van der Waals surface area contributed by atoms with Crippen LogP contribution in [0, 0.1) is 17.0 Å². The smallest absolute Gasteiger partial charge is 0.314 e. The highest BCUT2D eigenvalue weighted by Gasteiger charge is 2.26. The molecule has 1 saturated heterocycles. The molecule has 0 aliphatic carbocycles. The number of hydrogen-bond acceptors (Lipinski definition) is 5. The average Bonchev–Trinajstić information content (AvgIpc) is 2.95. The summed E-state index contributed by atoms with van der Waals surface area (Å²) in [5.74, 6) is 0.516. The first-order valence-electron chi connectivity index (χ1n) is 7.71. The van der Waals surface area contributed by atoms with Gasteiger partial charge in [0.1, 0.15) is 0 Å². The van der Waals surface area contributed by atoms with Crippen LogP contribution in [0.15, 0.2) is 12.3 Å². The maximum Gasteiger partial charge on any atom is 0.314 e. The lowest BCUT2D eigenvalue weighted by Gasteiger charge is -2.26. The number of nitrogens with one attached hydrogen (secondary N) is 1. The molecule has 0 spiro atoms. The van der Waals surface area contributed by atoms with Gasteiger partial charge in [0.15, 0.2) is 0 Å². The van der Waals surface area contributed by atoms with Crippen LogP contribution in [-0.2, 0) is 0 Å². The minimum atomic E-state index is -0.307. The van der Waals surface area contributed by atoms with E-state index in [9.17, 15) is 10.1 Å². The summed E-state index contributed by atoms with van der Waals surface area (Å²) in [5.41, 5.74) is 0.817. The lowest BCUT2D eigenvalue weighted by atomic mass is 10.1. The molecule has 0 amide bonds. The summed E-state index contributed by atoms with van der Waals surface area (Å²) < 4.78 is 0. The molecule has 2 rings (SSSR count). The number of pyridine rings is 1. The van der Waals surface area contributed by atoms with Crippen molar-refractivity contribution in [1.82, 2.24) is 10.3 Å². The topological polar surface area (TPSA) is 71.3 Å². The van der Waals surface area contributed by atoms with Crippen LogP contribution in [-0.4, -0.2) is 35.6 Å². The largest absolute Gasteiger partial charge is 0.349 e. The van der Waals surface area contributed by atoms with Crippen molar-refractivity contribution < 1.29 is 4.92 Å². The van der Waals surface area contributed by atoms with Crippen LogP contribution in [0.1, 0.15) is 38.2 Å². The maximum absolute atomic E-state index is 11.4. The highest BCUT2D eigenvalue weighted by Crippen LogP contribution is 2.29. The van der Waals surface area contributed by atoms with Crippen LogP contribution in [0.4, 0.5) is 11.5 Å². The first-order valence-corrected chi connectivity index (χ1v) is 7.71. The molecule has 1 aliphatic heterocycles. The zero-order valence-electron chi connectivity index (χ0n) is 12.8. The van der Waals surface area contributed by atoms with Gasteiger partial charge in [-0.25, -0.2) is 4.98 Å². The zero-order valence-corrected chi connectivity index (χ0v) is 12.8. The summed E-state index contributed by atoms with van der Waals surface area (Å²) in [5, 5.41) is 14.8. The van der Waals surface area contributed by atoms with E-state index in [1.54, 1.807) is 19.2 Å². The molecule has 0 saturated carbocycles. The molecular formula is C15H24N4O2. The van der Waals surface area contributed by atoms with Gasteiger partial charge in [-0.15, -0.1) is 0 Å². The molecule has 2 heterocycles. The van der Waals surface area contributed by atoms with Gasteiger partial charge in [-0.1, -0.05) is 13.3 Å². The molecule has 1 unspecified atom stereocenters. The minimum absolute atomic E-state index is 0.145. The van der Waals surface area contributed by atoms with Crippen LogP contribution in [0.5, 0.6) is 0 Å². The third-order valence-electron chi connectivity index (χ3n) is 3.97. The Hall–Kier alpha value is -1.69. The van der Waals surface area contributed by atoms with Crippen molar-refractivity contribution in [3.63, 3.8) is 0 Å². The molecule has 21 heavy (non-hydrogen) atoms. The summed E-state index contributed by atoms with van der Waals surface area (Å²) in [6.45, 7) is 6.54. The Morgan fingerprint density at radius 1 is 1.57 bits per heavy atom. The van der Waals surface area contributed by atoms with E-state index in [1.165, 1.54) is 6.42 Å². The summed E-state index contributed by atoms with van der Waals surface area (Å²) >= 11 is 0. The van der Waals surface area contributed by atoms with Gasteiger partial charge in [-0.05, 0) is 38.8 Å². The molecule has 6 nitrogen and oxygen atoms in total. The monoisotopic (exact) mass is 292 g/mol. The quantitative estimate of drug-likeness (QED) is 0.618. The van der Waals surface area contributed by atoms with Crippen molar-refractivity contribution in [1.29, 1.82) is 0 Å². The predicted octanol–water partition coefficient (Wildman–Crippen LogP) is 2.66. The Morgan fingerprint density at radius 2 is 2.38 bits per heavy atom. The van der Waals surface area contributed by atoms with Gasteiger partial charge in [0, 0.05) is 30.9 Å². The number of aryl methyl sites for hydroxylation is 1. The second-order valence-corrected chi connectivity index (χ2v) is 5.65. The molecule has 1 N–H and O–H groups in total. The standard InChI is InChI=1S/C15H24N4O2/c1-3-4-10-18(11-13-6-5-8-16-13)15-14(19(20)21)12(2)7-9-17-15/h7,9,13,16H,3-6,8,10-11H2,1-2H3. The Morgan fingerprint density at radius 3 is 3.00 bits per heavy atom. The van der Waals surface area contributed by atoms with E-state index in [-0.39, 0.29) is 10.6 Å². The summed E-state index contributed by atoms with van der Waals surface area (Å²) in [7, 11) is 0. The fraction of sp³-hybridized carbons (Fsp3) is 0.667. The Bertz CT molecular complexity index is 487. The van der Waals surface area contributed by atoms with E-state index in [4.69, 9.17) is 0 Å². The SMILES string of the molecule is CCCCN(CC1CCCN1)c1nccc(C)c1[N+](=O)[O-]. The van der Waals surface area contributed by atoms with Crippen molar-refractivity contribution in [2.75, 3.05) is 24.5 Å². The van der Waals surface area contributed by atoms with Gasteiger partial charge in [0.05, 0.1) is 4.92 Å². The molecule has 0 bridgehead atoms. The predicted molar refractivity (Wildman–Crippen MR) is 83.8 cm³/mol. The Balaban J connectivity index is 2.26. The fourth-order valence-corrected chi connectivity index (χ4v) is 2.80. The normalized spacial score (nSPS) is 17.9. The van der Waals surface area contributed by atoms with Crippen molar-refractivity contribution in [3.05, 3.63) is 27.9 Å². The van der Waals surface area contributed by atoms with Gasteiger partial charge >= 0.3 is 5.69 Å². The number of hydrogen-bond donors (Lipinski definition) is 1. The average molecular weight is 292 g/mol. The van der Waals surface area contributed by atoms with Crippen LogP contribution < -0.4 is 10.2 Å². The number of aromatic nitrogens is 1. The van der Waals surface area contributed by atoms with Gasteiger partial charge < -0.3 is 10.2 Å². The fourth-order valence-electron chi connectivity index (χ4n) is 2.80. The van der Waals surface area contributed by atoms with Crippen LogP contribution in [0.3, 0.4) is 0 Å². The summed E-state index contributed by atoms with van der Waals surface area (Å²) in [6.07, 6.45) is 6.05. The third-order valence-corrected chi connectivity index (χ3v) is 3.97. The van der Waals surface area contributed by atoms with Crippen molar-refractivity contribution in [2.24, 2.45) is 0 Å². The first-order chi connectivity index (χ1) is 10.1. The second kappa shape index (κ2) is 7.36. The van der Waals surface area contributed by atoms with Crippen LogP contribution >= 0.6 is 0 Å². The van der Waals surface area contributed by atoms with Crippen LogP contribution in [0.25, 0.3) is 0 Å². The van der Waals surface area contributed by atoms with Crippen molar-refractivity contribution in [3.8, 4) is 0 Å². The Kier molecular flexibility index (Phi) is 5.50. The summed E-state index contributed by atoms with van der Waals surface area (Å²) in [6, 6.07) is 2.11. The van der Waals surface area contributed by atoms with Crippen molar-refractivity contribution in [2.45, 2.75) is 45.6 Å². The molecule has 1 aromatic heterocycles. The third kappa shape index (κ3) is 3.91. The lowest BCUT2D eigenvalue weighted by molar-refractivity contribution is -0.384. The minimum Gasteiger partial charge on any atom is -0.349 e. The molecule has 1 atom stereocenters. The van der Waals surface area contributed by atoms with Gasteiger partial charge in [-0.3, -0.25) is 10.1 Å². The maximum atomic E-state index is 11.4. The highest BCUT2D eigenvalue weighted by molar-refractivity contribution is 5.61. The zero-order chi connectivity index (χ0) is 15.2. The van der Waals surface area contributed by atoms with Crippen LogP contribution in [0.2, 0.25) is 0 Å². The Labute approximate surface area is 125 Å². The number of anilines is 1. The van der Waals surface area contributed by atoms with Crippen molar-refractivity contribution >= 4 is 11.5 Å². The highest BCUT2D eigenvalue weighted by atomic mass is 16.6. The molecule has 0 radical (unpaired) electrons.